The zero-order chi connectivity index (χ0) is 18.6. The van der Waals surface area contributed by atoms with E-state index in [4.69, 9.17) is 0 Å². The molecule has 0 amide bonds. The second-order valence-electron chi connectivity index (χ2n) is 6.90. The van der Waals surface area contributed by atoms with Gasteiger partial charge in [-0.15, -0.1) is 0 Å². The van der Waals surface area contributed by atoms with Crippen molar-refractivity contribution in [1.82, 2.24) is 18.7 Å². The van der Waals surface area contributed by atoms with E-state index >= 15 is 0 Å². The second kappa shape index (κ2) is 5.86. The maximum atomic E-state index is 12.9. The molecule has 0 N–H and O–H groups in total. The Morgan fingerprint density at radius 2 is 1.92 bits per heavy atom. The standard InChI is InChI=1S/C19H23N5O2/c1-5-9-24-17(25)15-16(21(4)19(24)26)20-18-22(10-11-23(15)18)14-8-6-7-12(2)13(14)3/h6-8H,5,9-11H2,1-4H3. The van der Waals surface area contributed by atoms with Crippen molar-refractivity contribution in [3.8, 4) is 0 Å². The first kappa shape index (κ1) is 16.6. The summed E-state index contributed by atoms with van der Waals surface area (Å²) in [4.78, 5) is 32.3. The quantitative estimate of drug-likeness (QED) is 0.723. The molecule has 0 unspecified atom stereocenters. The molecule has 0 radical (unpaired) electrons. The molecule has 1 aromatic carbocycles. The van der Waals surface area contributed by atoms with E-state index in [9.17, 15) is 9.59 Å². The average Bonchev–Trinajstić information content (AvgIpc) is 3.18. The fourth-order valence-corrected chi connectivity index (χ4v) is 3.75. The Balaban J connectivity index is 1.98. The maximum Gasteiger partial charge on any atom is 0.332 e. The molecule has 0 saturated heterocycles. The van der Waals surface area contributed by atoms with Gasteiger partial charge in [-0.3, -0.25) is 13.9 Å². The van der Waals surface area contributed by atoms with Gasteiger partial charge in [-0.1, -0.05) is 19.1 Å². The predicted molar refractivity (Wildman–Crippen MR) is 102 cm³/mol. The van der Waals surface area contributed by atoms with Gasteiger partial charge in [0.25, 0.3) is 5.56 Å². The lowest BCUT2D eigenvalue weighted by molar-refractivity contribution is 0.590. The molecule has 2 aromatic heterocycles. The molecule has 136 valence electrons. The summed E-state index contributed by atoms with van der Waals surface area (Å²) in [7, 11) is 1.68. The van der Waals surface area contributed by atoms with E-state index in [0.29, 0.717) is 24.3 Å². The van der Waals surface area contributed by atoms with Crippen LogP contribution in [0.5, 0.6) is 0 Å². The predicted octanol–water partition coefficient (Wildman–Crippen LogP) is 2.08. The highest BCUT2D eigenvalue weighted by Crippen LogP contribution is 2.34. The van der Waals surface area contributed by atoms with Crippen molar-refractivity contribution in [3.63, 3.8) is 0 Å². The number of nitrogens with zero attached hydrogens (tertiary/aromatic N) is 5. The van der Waals surface area contributed by atoms with Crippen LogP contribution < -0.4 is 16.1 Å². The van der Waals surface area contributed by atoms with Gasteiger partial charge < -0.3 is 9.47 Å². The minimum absolute atomic E-state index is 0.244. The molecule has 0 saturated carbocycles. The van der Waals surface area contributed by atoms with Crippen LogP contribution in [0.2, 0.25) is 0 Å². The van der Waals surface area contributed by atoms with E-state index in [0.717, 1.165) is 24.6 Å². The number of hydrogen-bond donors (Lipinski definition) is 0. The summed E-state index contributed by atoms with van der Waals surface area (Å²) < 4.78 is 4.75. The minimum atomic E-state index is -0.306. The summed E-state index contributed by atoms with van der Waals surface area (Å²) in [5.41, 5.74) is 3.93. The highest BCUT2D eigenvalue weighted by atomic mass is 16.2. The van der Waals surface area contributed by atoms with E-state index in [1.165, 1.54) is 20.3 Å². The van der Waals surface area contributed by atoms with Crippen molar-refractivity contribution in [2.24, 2.45) is 7.05 Å². The van der Waals surface area contributed by atoms with Crippen molar-refractivity contribution in [1.29, 1.82) is 0 Å². The van der Waals surface area contributed by atoms with Crippen LogP contribution in [0.4, 0.5) is 11.6 Å². The monoisotopic (exact) mass is 353 g/mol. The second-order valence-corrected chi connectivity index (χ2v) is 6.90. The molecule has 1 aliphatic rings. The molecule has 3 aromatic rings. The van der Waals surface area contributed by atoms with Gasteiger partial charge in [0.05, 0.1) is 0 Å². The van der Waals surface area contributed by atoms with Gasteiger partial charge >= 0.3 is 5.69 Å². The fraction of sp³-hybridized carbons (Fsp3) is 0.421. The molecule has 7 heteroatoms. The Labute approximate surface area is 151 Å². The largest absolute Gasteiger partial charge is 0.332 e. The molecule has 0 bridgehead atoms. The van der Waals surface area contributed by atoms with E-state index < -0.39 is 0 Å². The molecule has 0 aliphatic carbocycles. The lowest BCUT2D eigenvalue weighted by Crippen LogP contribution is -2.39. The molecule has 3 heterocycles. The van der Waals surface area contributed by atoms with Crippen molar-refractivity contribution >= 4 is 22.8 Å². The lowest BCUT2D eigenvalue weighted by atomic mass is 10.1. The first-order valence-electron chi connectivity index (χ1n) is 8.99. The Hall–Kier alpha value is -2.83. The zero-order valence-corrected chi connectivity index (χ0v) is 15.6. The van der Waals surface area contributed by atoms with Gasteiger partial charge in [-0.25, -0.2) is 4.79 Å². The molecule has 4 rings (SSSR count). The summed E-state index contributed by atoms with van der Waals surface area (Å²) in [6, 6.07) is 6.20. The normalized spacial score (nSPS) is 13.6. The van der Waals surface area contributed by atoms with Crippen LogP contribution in [0.1, 0.15) is 24.5 Å². The Bertz CT molecular complexity index is 1140. The Kier molecular flexibility index (Phi) is 3.75. The Morgan fingerprint density at radius 1 is 1.15 bits per heavy atom. The number of imidazole rings is 1. The SMILES string of the molecule is CCCn1c(=O)c2c(nc3n2CCN3c2cccc(C)c2C)n(C)c1=O. The molecule has 0 spiro atoms. The highest BCUT2D eigenvalue weighted by molar-refractivity contribution is 5.78. The van der Waals surface area contributed by atoms with Gasteiger partial charge in [0, 0.05) is 32.4 Å². The molecular formula is C19H23N5O2. The third-order valence-electron chi connectivity index (χ3n) is 5.31. The van der Waals surface area contributed by atoms with Gasteiger partial charge in [0.1, 0.15) is 0 Å². The molecule has 0 fully saturated rings. The van der Waals surface area contributed by atoms with Crippen LogP contribution in [-0.4, -0.2) is 25.2 Å². The topological polar surface area (TPSA) is 65.1 Å². The van der Waals surface area contributed by atoms with Crippen LogP contribution in [0, 0.1) is 13.8 Å². The van der Waals surface area contributed by atoms with Gasteiger partial charge in [0.15, 0.2) is 11.2 Å². The maximum absolute atomic E-state index is 12.9. The first-order valence-corrected chi connectivity index (χ1v) is 8.99. The number of aromatic nitrogens is 4. The highest BCUT2D eigenvalue weighted by Gasteiger charge is 2.29. The minimum Gasteiger partial charge on any atom is -0.310 e. The van der Waals surface area contributed by atoms with Crippen LogP contribution in [0.25, 0.3) is 11.2 Å². The van der Waals surface area contributed by atoms with Gasteiger partial charge in [0.2, 0.25) is 5.95 Å². The molecule has 1 aliphatic heterocycles. The van der Waals surface area contributed by atoms with E-state index in [-0.39, 0.29) is 11.2 Å². The summed E-state index contributed by atoms with van der Waals surface area (Å²) in [5, 5.41) is 0. The summed E-state index contributed by atoms with van der Waals surface area (Å²) in [6.07, 6.45) is 0.732. The number of rotatable bonds is 3. The zero-order valence-electron chi connectivity index (χ0n) is 15.6. The third-order valence-corrected chi connectivity index (χ3v) is 5.31. The summed E-state index contributed by atoms with van der Waals surface area (Å²) in [5.74, 6) is 0.732. The molecular weight excluding hydrogens is 330 g/mol. The van der Waals surface area contributed by atoms with Crippen LogP contribution in [0.15, 0.2) is 27.8 Å². The average molecular weight is 353 g/mol. The van der Waals surface area contributed by atoms with Crippen molar-refractivity contribution < 1.29 is 0 Å². The molecule has 0 atom stereocenters. The van der Waals surface area contributed by atoms with Gasteiger partial charge in [-0.05, 0) is 37.5 Å². The van der Waals surface area contributed by atoms with Gasteiger partial charge in [-0.2, -0.15) is 4.98 Å². The van der Waals surface area contributed by atoms with E-state index in [1.807, 2.05) is 17.6 Å². The first-order chi connectivity index (χ1) is 12.5. The van der Waals surface area contributed by atoms with Crippen molar-refractivity contribution in [2.45, 2.75) is 40.3 Å². The van der Waals surface area contributed by atoms with Crippen LogP contribution in [0.3, 0.4) is 0 Å². The van der Waals surface area contributed by atoms with Crippen LogP contribution >= 0.6 is 0 Å². The summed E-state index contributed by atoms with van der Waals surface area (Å²) in [6.45, 7) is 8.00. The third kappa shape index (κ3) is 2.16. The van der Waals surface area contributed by atoms with Crippen molar-refractivity contribution in [3.05, 3.63) is 50.2 Å². The molecule has 26 heavy (non-hydrogen) atoms. The summed E-state index contributed by atoms with van der Waals surface area (Å²) >= 11 is 0. The smallest absolute Gasteiger partial charge is 0.310 e. The van der Waals surface area contributed by atoms with Crippen LogP contribution in [-0.2, 0) is 20.1 Å². The lowest BCUT2D eigenvalue weighted by Gasteiger charge is -2.19. The van der Waals surface area contributed by atoms with E-state index in [2.05, 4.69) is 35.9 Å². The molecule has 7 nitrogen and oxygen atoms in total. The van der Waals surface area contributed by atoms with Crippen molar-refractivity contribution in [2.75, 3.05) is 11.4 Å². The number of aryl methyl sites for hydroxylation is 2. The number of anilines is 2. The number of hydrogen-bond acceptors (Lipinski definition) is 4. The fourth-order valence-electron chi connectivity index (χ4n) is 3.75. The number of benzene rings is 1. The van der Waals surface area contributed by atoms with E-state index in [1.54, 1.807) is 7.05 Å². The number of fused-ring (bicyclic) bond motifs is 3. The Morgan fingerprint density at radius 3 is 2.65 bits per heavy atom.